The first kappa shape index (κ1) is 14.2. The average molecular weight is 239 g/mol. The number of hydrogen-bond donors (Lipinski definition) is 0. The maximum absolute atomic E-state index is 11.0. The molecule has 14 heavy (non-hydrogen) atoms. The lowest BCUT2D eigenvalue weighted by Crippen LogP contribution is -1.91. The lowest BCUT2D eigenvalue weighted by atomic mass is 10.4. The van der Waals surface area contributed by atoms with Crippen LogP contribution < -0.4 is 0 Å². The molecule has 0 aliphatic heterocycles. The lowest BCUT2D eigenvalue weighted by Gasteiger charge is -2.05. The lowest BCUT2D eigenvalue weighted by molar-refractivity contribution is 0.604. The third-order valence-corrected chi connectivity index (χ3v) is 6.15. The van der Waals surface area contributed by atoms with Gasteiger partial charge >= 0.3 is 0 Å². The molecular weight excluding hydrogens is 217 g/mol. The Kier molecular flexibility index (Phi) is 7.56. The molecule has 0 bridgehead atoms. The summed E-state index contributed by atoms with van der Waals surface area (Å²) in [6, 6.07) is 0. The molecule has 0 N–H and O–H groups in total. The Bertz CT molecular complexity index is 263. The van der Waals surface area contributed by atoms with Crippen molar-refractivity contribution in [3.63, 3.8) is 0 Å². The quantitative estimate of drug-likeness (QED) is 0.641. The van der Waals surface area contributed by atoms with Gasteiger partial charge in [0, 0.05) is 0 Å². The Morgan fingerprint density at radius 1 is 1.07 bits per heavy atom. The van der Waals surface area contributed by atoms with Gasteiger partial charge in [-0.05, 0) is 32.9 Å². The van der Waals surface area contributed by atoms with Gasteiger partial charge in [0.05, 0.1) is 6.26 Å². The minimum Gasteiger partial charge on any atom is -0.205 e. The predicted octanol–water partition coefficient (Wildman–Crippen LogP) is 2.94. The van der Waals surface area contributed by atoms with Gasteiger partial charge in [0.1, 0.15) is 0 Å². The monoisotopic (exact) mass is 239 g/mol. The number of hydrogen-bond acceptors (Lipinski definition) is 2. The molecular formula is C9H22NO2PS. The second-order valence-electron chi connectivity index (χ2n) is 3.60. The molecule has 0 amide bonds. The van der Waals surface area contributed by atoms with Crippen molar-refractivity contribution in [2.45, 2.75) is 39.5 Å². The molecule has 0 saturated carbocycles. The van der Waals surface area contributed by atoms with E-state index in [0.29, 0.717) is 0 Å². The first-order chi connectivity index (χ1) is 6.49. The van der Waals surface area contributed by atoms with Crippen LogP contribution in [0.5, 0.6) is 0 Å². The van der Waals surface area contributed by atoms with E-state index in [0.717, 1.165) is 38.0 Å². The third-order valence-electron chi connectivity index (χ3n) is 1.93. The van der Waals surface area contributed by atoms with Gasteiger partial charge in [0.15, 0.2) is 0 Å². The van der Waals surface area contributed by atoms with Crippen LogP contribution in [0.4, 0.5) is 0 Å². The summed E-state index contributed by atoms with van der Waals surface area (Å²) in [5.74, 6) is 0. The summed E-state index contributed by atoms with van der Waals surface area (Å²) < 4.78 is 26.0. The first-order valence-corrected chi connectivity index (χ1v) is 8.98. The van der Waals surface area contributed by atoms with Crippen LogP contribution in [0.3, 0.4) is 0 Å². The van der Waals surface area contributed by atoms with Crippen LogP contribution in [0.2, 0.25) is 0 Å². The fraction of sp³-hybridized carbons (Fsp3) is 1.00. The Labute approximate surface area is 88.8 Å². The smallest absolute Gasteiger partial charge is 0.205 e. The fourth-order valence-electron chi connectivity index (χ4n) is 1.21. The van der Waals surface area contributed by atoms with Crippen LogP contribution in [0.15, 0.2) is 4.15 Å². The van der Waals surface area contributed by atoms with Crippen molar-refractivity contribution in [1.29, 1.82) is 0 Å². The van der Waals surface area contributed by atoms with Crippen LogP contribution in [0.1, 0.15) is 39.5 Å². The van der Waals surface area contributed by atoms with Gasteiger partial charge in [-0.2, -0.15) is 4.15 Å². The minimum absolute atomic E-state index is 0.990. The Morgan fingerprint density at radius 2 is 1.50 bits per heavy atom. The van der Waals surface area contributed by atoms with Crippen molar-refractivity contribution < 1.29 is 8.42 Å². The summed E-state index contributed by atoms with van der Waals surface area (Å²) in [5, 5.41) is 0. The molecule has 0 aromatic carbocycles. The van der Waals surface area contributed by atoms with E-state index in [-0.39, 0.29) is 0 Å². The summed E-state index contributed by atoms with van der Waals surface area (Å²) in [7, 11) is -4.10. The molecule has 5 heteroatoms. The van der Waals surface area contributed by atoms with Gasteiger partial charge in [-0.1, -0.05) is 26.7 Å². The molecule has 0 spiro atoms. The first-order valence-electron chi connectivity index (χ1n) is 5.27. The molecule has 0 radical (unpaired) electrons. The molecule has 0 aromatic rings. The van der Waals surface area contributed by atoms with E-state index in [9.17, 15) is 8.42 Å². The second-order valence-corrected chi connectivity index (χ2v) is 7.93. The highest BCUT2D eigenvalue weighted by Crippen LogP contribution is 2.30. The highest BCUT2D eigenvalue weighted by Gasteiger charge is 2.02. The van der Waals surface area contributed by atoms with E-state index in [1.54, 1.807) is 0 Å². The number of nitrogens with zero attached hydrogens (tertiary/aromatic N) is 1. The van der Waals surface area contributed by atoms with E-state index in [4.69, 9.17) is 0 Å². The fourth-order valence-corrected chi connectivity index (χ4v) is 5.59. The second kappa shape index (κ2) is 7.47. The highest BCUT2D eigenvalue weighted by atomic mass is 32.2. The van der Waals surface area contributed by atoms with Crippen molar-refractivity contribution in [2.75, 3.05) is 18.6 Å². The number of unbranched alkanes of at least 4 members (excludes halogenated alkanes) is 2. The molecule has 0 aliphatic carbocycles. The summed E-state index contributed by atoms with van der Waals surface area (Å²) in [6.07, 6.45) is 7.69. The van der Waals surface area contributed by atoms with Crippen molar-refractivity contribution in [3.8, 4) is 0 Å². The van der Waals surface area contributed by atoms with Gasteiger partial charge in [0.2, 0.25) is 10.0 Å². The van der Waals surface area contributed by atoms with Crippen LogP contribution >= 0.6 is 7.71 Å². The van der Waals surface area contributed by atoms with Crippen molar-refractivity contribution in [3.05, 3.63) is 0 Å². The third kappa shape index (κ3) is 8.76. The van der Waals surface area contributed by atoms with Crippen LogP contribution in [0.25, 0.3) is 0 Å². The molecule has 0 heterocycles. The van der Waals surface area contributed by atoms with Crippen LogP contribution in [0, 0.1) is 0 Å². The van der Waals surface area contributed by atoms with Gasteiger partial charge in [-0.15, -0.1) is 0 Å². The van der Waals surface area contributed by atoms with Crippen molar-refractivity contribution in [1.82, 2.24) is 0 Å². The topological polar surface area (TPSA) is 46.5 Å². The van der Waals surface area contributed by atoms with E-state index in [2.05, 4.69) is 18.0 Å². The van der Waals surface area contributed by atoms with E-state index >= 15 is 0 Å². The number of sulfonamides is 1. The van der Waals surface area contributed by atoms with Gasteiger partial charge in [-0.25, -0.2) is 8.42 Å². The maximum Gasteiger partial charge on any atom is 0.248 e. The number of rotatable bonds is 7. The van der Waals surface area contributed by atoms with Gasteiger partial charge < -0.3 is 0 Å². The summed E-state index contributed by atoms with van der Waals surface area (Å²) >= 11 is 0. The minimum atomic E-state index is -3.11. The molecule has 0 unspecified atom stereocenters. The molecule has 0 rings (SSSR count). The SMILES string of the molecule is CCCC[PH](CCCC)=NS(C)(=O)=O. The molecule has 0 aliphatic rings. The van der Waals surface area contributed by atoms with Gasteiger partial charge in [-0.3, -0.25) is 0 Å². The largest absolute Gasteiger partial charge is 0.248 e. The average Bonchev–Trinajstić information content (AvgIpc) is 2.07. The van der Waals surface area contributed by atoms with E-state index in [1.165, 1.54) is 6.26 Å². The zero-order valence-electron chi connectivity index (χ0n) is 9.41. The highest BCUT2D eigenvalue weighted by molar-refractivity contribution is 7.92. The normalized spacial score (nSPS) is 12.0. The molecule has 86 valence electrons. The molecule has 0 atom stereocenters. The Morgan fingerprint density at radius 3 is 1.79 bits per heavy atom. The summed E-state index contributed by atoms with van der Waals surface area (Å²) in [5.41, 5.74) is 0. The zero-order chi connectivity index (χ0) is 11.0. The van der Waals surface area contributed by atoms with Crippen LogP contribution in [-0.2, 0) is 10.0 Å². The Balaban J connectivity index is 4.31. The zero-order valence-corrected chi connectivity index (χ0v) is 11.2. The standard InChI is InChI=1S/C9H22NO2PS/c1-4-6-8-13(9-7-5-2)10-14(3,11)12/h13H,4-9H2,1-3H3. The summed E-state index contributed by atoms with van der Waals surface area (Å²) in [6.45, 7) is 4.25. The molecule has 0 fully saturated rings. The summed E-state index contributed by atoms with van der Waals surface area (Å²) in [4.78, 5) is 0. The molecule has 3 nitrogen and oxygen atoms in total. The van der Waals surface area contributed by atoms with Gasteiger partial charge in [0.25, 0.3) is 0 Å². The van der Waals surface area contributed by atoms with E-state index in [1.807, 2.05) is 0 Å². The van der Waals surface area contributed by atoms with Crippen molar-refractivity contribution in [2.24, 2.45) is 4.15 Å². The van der Waals surface area contributed by atoms with E-state index < -0.39 is 17.7 Å². The molecule has 0 aromatic heterocycles. The van der Waals surface area contributed by atoms with Crippen LogP contribution in [-0.4, -0.2) is 27.0 Å². The molecule has 0 saturated heterocycles. The predicted molar refractivity (Wildman–Crippen MR) is 65.1 cm³/mol. The van der Waals surface area contributed by atoms with Crippen molar-refractivity contribution >= 4 is 17.7 Å². The Hall–Kier alpha value is 0.180. The maximum atomic E-state index is 11.0.